The predicted octanol–water partition coefficient (Wildman–Crippen LogP) is 8.08. The molecule has 0 fully saturated rings. The summed E-state index contributed by atoms with van der Waals surface area (Å²) in [6.07, 6.45) is 0. The van der Waals surface area contributed by atoms with Crippen molar-refractivity contribution in [2.24, 2.45) is 0 Å². The van der Waals surface area contributed by atoms with Crippen molar-refractivity contribution in [1.82, 2.24) is 0 Å². The van der Waals surface area contributed by atoms with Crippen LogP contribution in [0.1, 0.15) is 33.4 Å². The number of hydrogen-bond acceptors (Lipinski definition) is 0. The Kier molecular flexibility index (Phi) is 18.0. The van der Waals surface area contributed by atoms with Gasteiger partial charge in [-0.1, -0.05) is 41.5 Å². The zero-order valence-corrected chi connectivity index (χ0v) is 22.0. The minimum atomic E-state index is 0. The van der Waals surface area contributed by atoms with Gasteiger partial charge in [-0.2, -0.15) is 106 Å². The van der Waals surface area contributed by atoms with E-state index in [4.69, 9.17) is 0 Å². The van der Waals surface area contributed by atoms with Crippen molar-refractivity contribution < 1.29 is 26.2 Å². The molecule has 0 radical (unpaired) electrons. The maximum absolute atomic E-state index is 3.21. The van der Waals surface area contributed by atoms with E-state index in [1.54, 1.807) is 0 Å². The molecule has 0 aliphatic heterocycles. The molecule has 160 valence electrons. The average molecular weight is 475 g/mol. The van der Waals surface area contributed by atoms with Crippen LogP contribution in [0.3, 0.4) is 0 Å². The quantitative estimate of drug-likeness (QED) is 0.226. The molecule has 0 saturated heterocycles. The maximum Gasteiger partial charge on any atom is 0 e. The van der Waals surface area contributed by atoms with Gasteiger partial charge in [0, 0.05) is 26.2 Å². The van der Waals surface area contributed by atoms with E-state index in [1.165, 1.54) is 33.4 Å². The zero-order chi connectivity index (χ0) is 20.8. The summed E-state index contributed by atoms with van der Waals surface area (Å²) >= 11 is 0. The molecular formula is C29H35Zr-5. The Morgan fingerprint density at radius 1 is 0.500 bits per heavy atom. The summed E-state index contributed by atoms with van der Waals surface area (Å²) in [5, 5.41) is 0. The first-order valence-electron chi connectivity index (χ1n) is 9.64. The minimum absolute atomic E-state index is 0. The van der Waals surface area contributed by atoms with Crippen LogP contribution in [0.5, 0.6) is 0 Å². The van der Waals surface area contributed by atoms with E-state index in [0.717, 1.165) is 0 Å². The Balaban J connectivity index is 0. The van der Waals surface area contributed by atoms with Crippen LogP contribution in [0.15, 0.2) is 84.9 Å². The second-order valence-corrected chi connectivity index (χ2v) is 6.97. The van der Waals surface area contributed by atoms with Crippen LogP contribution in [-0.2, 0) is 26.2 Å². The Morgan fingerprint density at radius 2 is 0.733 bits per heavy atom. The standard InChI is InChI=1S/2C9H11.2C5H5.CH3.Zr/c2*1-7-4-8(2)6-9(3)5-7;2*1-2-4-5-3-1;;/h2*4-5H,1-3H3;2*1-5H;1H3;/q5*-1;. The molecule has 0 aliphatic rings. The Hall–Kier alpha value is -1.98. The Bertz CT molecular complexity index is 658. The summed E-state index contributed by atoms with van der Waals surface area (Å²) in [6, 6.07) is 34.9. The molecule has 0 aliphatic carbocycles. The molecule has 30 heavy (non-hydrogen) atoms. The molecular weight excluding hydrogens is 440 g/mol. The van der Waals surface area contributed by atoms with Crippen LogP contribution in [0.2, 0.25) is 0 Å². The van der Waals surface area contributed by atoms with Crippen LogP contribution in [-0.4, -0.2) is 0 Å². The van der Waals surface area contributed by atoms with Gasteiger partial charge in [0.05, 0.1) is 0 Å². The molecule has 0 spiro atoms. The second kappa shape index (κ2) is 17.8. The van der Waals surface area contributed by atoms with Gasteiger partial charge in [0.25, 0.3) is 0 Å². The molecule has 0 atom stereocenters. The van der Waals surface area contributed by atoms with E-state index in [-0.39, 0.29) is 33.6 Å². The van der Waals surface area contributed by atoms with Crippen LogP contribution in [0.25, 0.3) is 0 Å². The minimum Gasteiger partial charge on any atom is -0.358 e. The molecule has 0 heterocycles. The molecule has 0 amide bonds. The molecule has 4 aromatic rings. The van der Waals surface area contributed by atoms with Crippen molar-refractivity contribution in [3.8, 4) is 0 Å². The summed E-state index contributed by atoms with van der Waals surface area (Å²) in [6.45, 7) is 12.5. The molecule has 4 aromatic carbocycles. The molecule has 0 nitrogen and oxygen atoms in total. The fourth-order valence-corrected chi connectivity index (χ4v) is 2.86. The zero-order valence-electron chi connectivity index (χ0n) is 19.6. The average Bonchev–Trinajstić information content (AvgIpc) is 3.32. The van der Waals surface area contributed by atoms with Gasteiger partial charge in [-0.3, -0.25) is 0 Å². The maximum atomic E-state index is 3.21. The molecule has 1 heteroatoms. The van der Waals surface area contributed by atoms with Crippen molar-refractivity contribution in [2.45, 2.75) is 41.5 Å². The Morgan fingerprint density at radius 3 is 0.867 bits per heavy atom. The van der Waals surface area contributed by atoms with Gasteiger partial charge >= 0.3 is 0 Å². The molecule has 0 saturated carbocycles. The summed E-state index contributed by atoms with van der Waals surface area (Å²) in [5.41, 5.74) is 7.56. The third kappa shape index (κ3) is 15.9. The van der Waals surface area contributed by atoms with Crippen molar-refractivity contribution in [3.05, 3.63) is 138 Å². The summed E-state index contributed by atoms with van der Waals surface area (Å²) in [4.78, 5) is 0. The number of aryl methyl sites for hydroxylation is 6. The van der Waals surface area contributed by atoms with E-state index in [0.29, 0.717) is 0 Å². The number of benzene rings is 2. The van der Waals surface area contributed by atoms with E-state index in [2.05, 4.69) is 77.9 Å². The fourth-order valence-electron chi connectivity index (χ4n) is 2.86. The summed E-state index contributed by atoms with van der Waals surface area (Å²) in [7, 11) is 0. The van der Waals surface area contributed by atoms with Crippen molar-refractivity contribution in [3.63, 3.8) is 0 Å². The Labute approximate surface area is 204 Å². The van der Waals surface area contributed by atoms with Crippen LogP contribution >= 0.6 is 0 Å². The summed E-state index contributed by atoms with van der Waals surface area (Å²) < 4.78 is 0. The second-order valence-electron chi connectivity index (χ2n) is 6.97. The molecule has 0 bridgehead atoms. The van der Waals surface area contributed by atoms with Gasteiger partial charge < -0.3 is 7.43 Å². The van der Waals surface area contributed by atoms with E-state index < -0.39 is 0 Å². The fraction of sp³-hybridized carbons (Fsp3) is 0.207. The monoisotopic (exact) mass is 473 g/mol. The van der Waals surface area contributed by atoms with Gasteiger partial charge in [0.15, 0.2) is 0 Å². The van der Waals surface area contributed by atoms with Gasteiger partial charge in [-0.05, 0) is 0 Å². The molecule has 0 aromatic heterocycles. The SMILES string of the molecule is Cc1[c-]c(C)cc(C)c1.Cc1[c-]c(C)cc(C)c1.[CH3-].[Zr].c1cc[cH-]c1.c1cc[cH-]c1. The third-order valence-corrected chi connectivity index (χ3v) is 3.68. The number of hydrogen-bond donors (Lipinski definition) is 0. The van der Waals surface area contributed by atoms with E-state index >= 15 is 0 Å². The first-order chi connectivity index (χ1) is 13.4. The van der Waals surface area contributed by atoms with Crippen molar-refractivity contribution in [1.29, 1.82) is 0 Å². The van der Waals surface area contributed by atoms with Crippen LogP contribution < -0.4 is 0 Å². The number of rotatable bonds is 0. The molecule has 4 rings (SSSR count). The first kappa shape index (κ1) is 30.2. The normalized spacial score (nSPS) is 8.47. The molecule has 0 N–H and O–H groups in total. The third-order valence-electron chi connectivity index (χ3n) is 3.68. The largest absolute Gasteiger partial charge is 0.358 e. The van der Waals surface area contributed by atoms with E-state index in [1.807, 2.05) is 60.7 Å². The van der Waals surface area contributed by atoms with Crippen molar-refractivity contribution in [2.75, 3.05) is 0 Å². The smallest absolute Gasteiger partial charge is 0 e. The van der Waals surface area contributed by atoms with Gasteiger partial charge in [-0.25, -0.2) is 24.3 Å². The first-order valence-corrected chi connectivity index (χ1v) is 9.64. The van der Waals surface area contributed by atoms with E-state index in [9.17, 15) is 0 Å². The van der Waals surface area contributed by atoms with Crippen molar-refractivity contribution >= 4 is 0 Å². The summed E-state index contributed by atoms with van der Waals surface area (Å²) in [5.74, 6) is 0. The van der Waals surface area contributed by atoms with Crippen LogP contribution in [0.4, 0.5) is 0 Å². The predicted molar refractivity (Wildman–Crippen MR) is 129 cm³/mol. The van der Waals surface area contributed by atoms with Gasteiger partial charge in [0.1, 0.15) is 0 Å². The molecule has 0 unspecified atom stereocenters. The van der Waals surface area contributed by atoms with Gasteiger partial charge in [0.2, 0.25) is 0 Å². The van der Waals surface area contributed by atoms with Gasteiger partial charge in [-0.15, -0.1) is 0 Å². The topological polar surface area (TPSA) is 0 Å². The van der Waals surface area contributed by atoms with Crippen LogP contribution in [0, 0.1) is 61.1 Å².